The van der Waals surface area contributed by atoms with E-state index in [1.165, 1.54) is 0 Å². The third kappa shape index (κ3) is 5.76. The van der Waals surface area contributed by atoms with Gasteiger partial charge >= 0.3 is 0 Å². The van der Waals surface area contributed by atoms with E-state index in [0.29, 0.717) is 12.6 Å². The lowest BCUT2D eigenvalue weighted by molar-refractivity contribution is 0.492. The summed E-state index contributed by atoms with van der Waals surface area (Å²) in [4.78, 5) is 0. The zero-order chi connectivity index (χ0) is 7.11. The van der Waals surface area contributed by atoms with Crippen LogP contribution in [0.25, 0.3) is 0 Å². The first-order valence-electron chi connectivity index (χ1n) is 3.42. The summed E-state index contributed by atoms with van der Waals surface area (Å²) in [5.74, 6) is 0.651. The fourth-order valence-electron chi connectivity index (χ4n) is 0.716. The van der Waals surface area contributed by atoms with E-state index in [9.17, 15) is 0 Å². The van der Waals surface area contributed by atoms with Gasteiger partial charge in [-0.2, -0.15) is 0 Å². The van der Waals surface area contributed by atoms with Crippen LogP contribution in [0.5, 0.6) is 0 Å². The summed E-state index contributed by atoms with van der Waals surface area (Å²) in [7, 11) is 0. The van der Waals surface area contributed by atoms with E-state index in [1.807, 2.05) is 0 Å². The van der Waals surface area contributed by atoms with Crippen LogP contribution in [-0.4, -0.2) is 19.8 Å². The van der Waals surface area contributed by atoms with Gasteiger partial charge in [0.05, 0.1) is 0 Å². The minimum Gasteiger partial charge on any atom is -0.330 e. The second-order valence-electron chi connectivity index (χ2n) is 2.34. The zero-order valence-corrected chi connectivity index (χ0v) is 6.06. The van der Waals surface area contributed by atoms with Gasteiger partial charge in [0.15, 0.2) is 0 Å². The van der Waals surface area contributed by atoms with Crippen molar-refractivity contribution in [1.82, 2.24) is 5.32 Å². The van der Waals surface area contributed by atoms with Crippen LogP contribution in [-0.2, 0) is 0 Å². The maximum Gasteiger partial charge on any atom is 0.0428 e. The summed E-state index contributed by atoms with van der Waals surface area (Å²) in [6, 6.07) is 0. The van der Waals surface area contributed by atoms with Crippen molar-refractivity contribution in [3.63, 3.8) is 0 Å². The van der Waals surface area contributed by atoms with E-state index < -0.39 is 0 Å². The largest absolute Gasteiger partial charge is 0.330 e. The SMILES string of the molecule is C[C@@H](CCN)CNCN. The first-order valence-corrected chi connectivity index (χ1v) is 3.42. The summed E-state index contributed by atoms with van der Waals surface area (Å²) >= 11 is 0. The van der Waals surface area contributed by atoms with Crippen molar-refractivity contribution in [2.24, 2.45) is 17.4 Å². The van der Waals surface area contributed by atoms with Crippen LogP contribution in [0.1, 0.15) is 13.3 Å². The summed E-state index contributed by atoms with van der Waals surface area (Å²) < 4.78 is 0. The van der Waals surface area contributed by atoms with Crippen molar-refractivity contribution in [2.45, 2.75) is 13.3 Å². The standard InChI is InChI=1S/C6H17N3/c1-6(2-3-7)4-9-5-8/h6,9H,2-5,7-8H2,1H3/t6-/m0/s1. The molecule has 0 heterocycles. The average molecular weight is 131 g/mol. The number of nitrogens with one attached hydrogen (secondary N) is 1. The Kier molecular flexibility index (Phi) is 5.93. The van der Waals surface area contributed by atoms with E-state index >= 15 is 0 Å². The Hall–Kier alpha value is -0.120. The zero-order valence-electron chi connectivity index (χ0n) is 6.06. The maximum atomic E-state index is 5.34. The molecule has 0 bridgehead atoms. The van der Waals surface area contributed by atoms with Crippen LogP contribution in [0.2, 0.25) is 0 Å². The van der Waals surface area contributed by atoms with E-state index in [2.05, 4.69) is 12.2 Å². The van der Waals surface area contributed by atoms with Gasteiger partial charge in [0, 0.05) is 6.67 Å². The van der Waals surface area contributed by atoms with Crippen LogP contribution < -0.4 is 16.8 Å². The Bertz CT molecular complexity index is 56.3. The molecule has 0 amide bonds. The third-order valence-corrected chi connectivity index (χ3v) is 1.30. The van der Waals surface area contributed by atoms with Crippen molar-refractivity contribution in [3.05, 3.63) is 0 Å². The molecule has 0 saturated heterocycles. The molecule has 0 unspecified atom stereocenters. The lowest BCUT2D eigenvalue weighted by Crippen LogP contribution is -2.28. The van der Waals surface area contributed by atoms with Gasteiger partial charge in [-0.05, 0) is 25.4 Å². The summed E-state index contributed by atoms with van der Waals surface area (Å²) in [5, 5.41) is 3.06. The molecule has 3 nitrogen and oxygen atoms in total. The minimum atomic E-state index is 0.564. The number of nitrogens with two attached hydrogens (primary N) is 2. The van der Waals surface area contributed by atoms with Crippen molar-refractivity contribution in [1.29, 1.82) is 0 Å². The molecule has 0 aliphatic carbocycles. The van der Waals surface area contributed by atoms with Crippen LogP contribution in [0, 0.1) is 5.92 Å². The fraction of sp³-hybridized carbons (Fsp3) is 1.00. The highest BCUT2D eigenvalue weighted by molar-refractivity contribution is 4.55. The van der Waals surface area contributed by atoms with Crippen molar-refractivity contribution in [2.75, 3.05) is 19.8 Å². The molecule has 0 radical (unpaired) electrons. The number of hydrogen-bond acceptors (Lipinski definition) is 3. The smallest absolute Gasteiger partial charge is 0.0428 e. The highest BCUT2D eigenvalue weighted by Crippen LogP contribution is 1.95. The molecule has 0 aliphatic heterocycles. The Balaban J connectivity index is 2.95. The van der Waals surface area contributed by atoms with Crippen LogP contribution in [0.15, 0.2) is 0 Å². The molecule has 9 heavy (non-hydrogen) atoms. The first-order chi connectivity index (χ1) is 4.31. The molecule has 0 saturated carbocycles. The van der Waals surface area contributed by atoms with Crippen LogP contribution >= 0.6 is 0 Å². The molecule has 0 aromatic carbocycles. The molecule has 0 aromatic rings. The molecular formula is C6H17N3. The van der Waals surface area contributed by atoms with Crippen LogP contribution in [0.4, 0.5) is 0 Å². The summed E-state index contributed by atoms with van der Waals surface area (Å²) in [6.07, 6.45) is 1.08. The maximum absolute atomic E-state index is 5.34. The quantitative estimate of drug-likeness (QED) is 0.440. The van der Waals surface area contributed by atoms with Crippen molar-refractivity contribution in [3.8, 4) is 0 Å². The average Bonchev–Trinajstić information content (AvgIpc) is 1.85. The van der Waals surface area contributed by atoms with Crippen molar-refractivity contribution < 1.29 is 0 Å². The highest BCUT2D eigenvalue weighted by atomic mass is 14.9. The Morgan fingerprint density at radius 3 is 2.56 bits per heavy atom. The lowest BCUT2D eigenvalue weighted by Gasteiger charge is -2.08. The Labute approximate surface area is 56.8 Å². The number of hydrogen-bond donors (Lipinski definition) is 3. The molecule has 0 fully saturated rings. The van der Waals surface area contributed by atoms with E-state index in [0.717, 1.165) is 19.5 Å². The number of rotatable bonds is 5. The monoisotopic (exact) mass is 131 g/mol. The van der Waals surface area contributed by atoms with Gasteiger partial charge < -0.3 is 16.8 Å². The van der Waals surface area contributed by atoms with Gasteiger partial charge in [0.2, 0.25) is 0 Å². The highest BCUT2D eigenvalue weighted by Gasteiger charge is 1.96. The molecule has 56 valence electrons. The van der Waals surface area contributed by atoms with Crippen molar-refractivity contribution >= 4 is 0 Å². The summed E-state index contributed by atoms with van der Waals surface area (Å²) in [6.45, 7) is 4.48. The molecular weight excluding hydrogens is 114 g/mol. The summed E-state index contributed by atoms with van der Waals surface area (Å²) in [5.41, 5.74) is 10.6. The second kappa shape index (κ2) is 6.01. The van der Waals surface area contributed by atoms with E-state index in [-0.39, 0.29) is 0 Å². The topological polar surface area (TPSA) is 64.1 Å². The van der Waals surface area contributed by atoms with Gasteiger partial charge in [0.1, 0.15) is 0 Å². The molecule has 0 spiro atoms. The Morgan fingerprint density at radius 1 is 1.44 bits per heavy atom. The van der Waals surface area contributed by atoms with Crippen LogP contribution in [0.3, 0.4) is 0 Å². The van der Waals surface area contributed by atoms with Gasteiger partial charge in [-0.3, -0.25) is 0 Å². The predicted octanol–water partition coefficient (Wildman–Crippen LogP) is -0.523. The van der Waals surface area contributed by atoms with Gasteiger partial charge in [0.25, 0.3) is 0 Å². The van der Waals surface area contributed by atoms with Gasteiger partial charge in [-0.15, -0.1) is 0 Å². The molecule has 1 atom stereocenters. The van der Waals surface area contributed by atoms with Gasteiger partial charge in [-0.1, -0.05) is 6.92 Å². The minimum absolute atomic E-state index is 0.564. The van der Waals surface area contributed by atoms with E-state index in [4.69, 9.17) is 11.5 Å². The lowest BCUT2D eigenvalue weighted by atomic mass is 10.1. The second-order valence-corrected chi connectivity index (χ2v) is 2.34. The third-order valence-electron chi connectivity index (χ3n) is 1.30. The normalized spacial score (nSPS) is 13.7. The molecule has 0 aromatic heterocycles. The molecule has 5 N–H and O–H groups in total. The predicted molar refractivity (Wildman–Crippen MR) is 39.9 cm³/mol. The molecule has 0 aliphatic rings. The molecule has 0 rings (SSSR count). The fourth-order valence-corrected chi connectivity index (χ4v) is 0.716. The first kappa shape index (κ1) is 8.88. The van der Waals surface area contributed by atoms with E-state index in [1.54, 1.807) is 0 Å². The van der Waals surface area contributed by atoms with Gasteiger partial charge in [-0.25, -0.2) is 0 Å². The molecule has 3 heteroatoms. The Morgan fingerprint density at radius 2 is 2.11 bits per heavy atom.